The van der Waals surface area contributed by atoms with Crippen molar-refractivity contribution >= 4 is 11.9 Å². The summed E-state index contributed by atoms with van der Waals surface area (Å²) in [5, 5.41) is 15.9. The lowest BCUT2D eigenvalue weighted by molar-refractivity contribution is -0.148. The maximum Gasteiger partial charge on any atom is 0.311 e. The van der Waals surface area contributed by atoms with Crippen molar-refractivity contribution in [1.82, 2.24) is 20.1 Å². The van der Waals surface area contributed by atoms with Crippen LogP contribution in [-0.4, -0.2) is 38.3 Å². The Morgan fingerprint density at radius 1 is 1.37 bits per heavy atom. The lowest BCUT2D eigenvalue weighted by Crippen LogP contribution is -2.41. The Bertz CT molecular complexity index is 438. The third-order valence-corrected chi connectivity index (χ3v) is 3.67. The Hall–Kier alpha value is -1.92. The van der Waals surface area contributed by atoms with Gasteiger partial charge in [0.1, 0.15) is 12.7 Å². The number of rotatable bonds is 6. The van der Waals surface area contributed by atoms with Crippen LogP contribution in [0.1, 0.15) is 32.1 Å². The number of aryl methyl sites for hydroxylation is 1. The molecule has 1 aromatic heterocycles. The van der Waals surface area contributed by atoms with E-state index in [1.165, 1.54) is 6.33 Å². The SMILES string of the molecule is O=C(CCn1cncn1)NCC1(C(=O)O)CCCC1. The molecule has 7 heteroatoms. The average Bonchev–Trinajstić information content (AvgIpc) is 3.05. The second-order valence-corrected chi connectivity index (χ2v) is 4.98. The van der Waals surface area contributed by atoms with Gasteiger partial charge in [0, 0.05) is 13.0 Å². The minimum atomic E-state index is -0.804. The van der Waals surface area contributed by atoms with Crippen molar-refractivity contribution < 1.29 is 14.7 Å². The quantitative estimate of drug-likeness (QED) is 0.778. The van der Waals surface area contributed by atoms with E-state index < -0.39 is 11.4 Å². The van der Waals surface area contributed by atoms with Crippen LogP contribution in [0.15, 0.2) is 12.7 Å². The lowest BCUT2D eigenvalue weighted by Gasteiger charge is -2.23. The molecule has 7 nitrogen and oxygen atoms in total. The summed E-state index contributed by atoms with van der Waals surface area (Å²) in [4.78, 5) is 26.8. The molecule has 1 aliphatic rings. The van der Waals surface area contributed by atoms with Gasteiger partial charge in [-0.05, 0) is 12.8 Å². The van der Waals surface area contributed by atoms with Crippen molar-refractivity contribution in [3.63, 3.8) is 0 Å². The van der Waals surface area contributed by atoms with Crippen LogP contribution in [0.4, 0.5) is 0 Å². The summed E-state index contributed by atoms with van der Waals surface area (Å²) in [6.45, 7) is 0.671. The van der Waals surface area contributed by atoms with Gasteiger partial charge in [-0.25, -0.2) is 4.98 Å². The molecule has 1 fully saturated rings. The summed E-state index contributed by atoms with van der Waals surface area (Å²) < 4.78 is 1.57. The maximum atomic E-state index is 11.7. The van der Waals surface area contributed by atoms with Gasteiger partial charge < -0.3 is 10.4 Å². The summed E-state index contributed by atoms with van der Waals surface area (Å²) in [5.74, 6) is -0.954. The molecule has 19 heavy (non-hydrogen) atoms. The van der Waals surface area contributed by atoms with Crippen molar-refractivity contribution in [1.29, 1.82) is 0 Å². The molecule has 0 saturated heterocycles. The van der Waals surface area contributed by atoms with Crippen LogP contribution in [0.2, 0.25) is 0 Å². The molecule has 2 rings (SSSR count). The van der Waals surface area contributed by atoms with Crippen LogP contribution in [0.3, 0.4) is 0 Å². The molecule has 0 aromatic carbocycles. The molecule has 0 unspecified atom stereocenters. The zero-order valence-corrected chi connectivity index (χ0v) is 10.7. The molecule has 0 spiro atoms. The maximum absolute atomic E-state index is 11.7. The summed E-state index contributed by atoms with van der Waals surface area (Å²) >= 11 is 0. The number of hydrogen-bond donors (Lipinski definition) is 2. The molecule has 0 aliphatic heterocycles. The van der Waals surface area contributed by atoms with Crippen molar-refractivity contribution in [3.8, 4) is 0 Å². The van der Waals surface area contributed by atoms with Gasteiger partial charge in [-0.15, -0.1) is 0 Å². The number of aliphatic carboxylic acids is 1. The molecule has 2 N–H and O–H groups in total. The van der Waals surface area contributed by atoms with E-state index in [2.05, 4.69) is 15.4 Å². The topological polar surface area (TPSA) is 97.1 Å². The zero-order valence-electron chi connectivity index (χ0n) is 10.7. The molecule has 0 radical (unpaired) electrons. The van der Waals surface area contributed by atoms with E-state index in [-0.39, 0.29) is 18.9 Å². The van der Waals surface area contributed by atoms with Gasteiger partial charge in [-0.1, -0.05) is 12.8 Å². The minimum absolute atomic E-state index is 0.150. The Labute approximate surface area is 111 Å². The van der Waals surface area contributed by atoms with Gasteiger partial charge in [0.05, 0.1) is 12.0 Å². The largest absolute Gasteiger partial charge is 0.481 e. The summed E-state index contributed by atoms with van der Waals surface area (Å²) in [6.07, 6.45) is 6.36. The van der Waals surface area contributed by atoms with Crippen molar-refractivity contribution in [3.05, 3.63) is 12.7 Å². The number of nitrogens with zero attached hydrogens (tertiary/aromatic N) is 3. The van der Waals surface area contributed by atoms with Crippen LogP contribution in [0.25, 0.3) is 0 Å². The summed E-state index contributed by atoms with van der Waals surface area (Å²) in [7, 11) is 0. The van der Waals surface area contributed by atoms with Gasteiger partial charge in [0.15, 0.2) is 0 Å². The lowest BCUT2D eigenvalue weighted by atomic mass is 9.86. The molecule has 1 aliphatic carbocycles. The Morgan fingerprint density at radius 2 is 2.11 bits per heavy atom. The van der Waals surface area contributed by atoms with Gasteiger partial charge in [-0.3, -0.25) is 14.3 Å². The summed E-state index contributed by atoms with van der Waals surface area (Å²) in [6, 6.07) is 0. The fourth-order valence-corrected chi connectivity index (χ4v) is 2.44. The number of carboxylic acids is 1. The third-order valence-electron chi connectivity index (χ3n) is 3.67. The van der Waals surface area contributed by atoms with E-state index >= 15 is 0 Å². The molecule has 0 bridgehead atoms. The van der Waals surface area contributed by atoms with E-state index in [1.807, 2.05) is 0 Å². The molecule has 1 amide bonds. The number of nitrogens with one attached hydrogen (secondary N) is 1. The summed E-state index contributed by atoms with van der Waals surface area (Å²) in [5.41, 5.74) is -0.761. The average molecular weight is 266 g/mol. The highest BCUT2D eigenvalue weighted by Gasteiger charge is 2.41. The second kappa shape index (κ2) is 5.81. The molecule has 1 aromatic rings. The molecule has 104 valence electrons. The molecule has 1 heterocycles. The fraction of sp³-hybridized carbons (Fsp3) is 0.667. The van der Waals surface area contributed by atoms with Gasteiger partial charge in [-0.2, -0.15) is 5.10 Å². The van der Waals surface area contributed by atoms with Crippen LogP contribution in [-0.2, 0) is 16.1 Å². The van der Waals surface area contributed by atoms with Gasteiger partial charge in [0.25, 0.3) is 0 Å². The van der Waals surface area contributed by atoms with Crippen LogP contribution in [0, 0.1) is 5.41 Å². The number of hydrogen-bond acceptors (Lipinski definition) is 4. The zero-order chi connectivity index (χ0) is 13.7. The van der Waals surface area contributed by atoms with Gasteiger partial charge >= 0.3 is 5.97 Å². The third kappa shape index (κ3) is 3.30. The van der Waals surface area contributed by atoms with E-state index in [1.54, 1.807) is 11.0 Å². The molecule has 0 atom stereocenters. The highest BCUT2D eigenvalue weighted by molar-refractivity contribution is 5.79. The number of carboxylic acid groups (broad SMARTS) is 1. The Balaban J connectivity index is 1.77. The number of aromatic nitrogens is 3. The predicted molar refractivity (Wildman–Crippen MR) is 66.2 cm³/mol. The monoisotopic (exact) mass is 266 g/mol. The van der Waals surface area contributed by atoms with E-state index in [0.29, 0.717) is 19.4 Å². The highest BCUT2D eigenvalue weighted by Crippen LogP contribution is 2.37. The van der Waals surface area contributed by atoms with Gasteiger partial charge in [0.2, 0.25) is 5.91 Å². The second-order valence-electron chi connectivity index (χ2n) is 4.98. The first-order valence-electron chi connectivity index (χ1n) is 6.45. The Morgan fingerprint density at radius 3 is 2.68 bits per heavy atom. The molecule has 1 saturated carbocycles. The first-order chi connectivity index (χ1) is 9.12. The fourth-order valence-electron chi connectivity index (χ4n) is 2.44. The minimum Gasteiger partial charge on any atom is -0.481 e. The van der Waals surface area contributed by atoms with Crippen LogP contribution < -0.4 is 5.32 Å². The molecular weight excluding hydrogens is 248 g/mol. The van der Waals surface area contributed by atoms with Crippen molar-refractivity contribution in [2.75, 3.05) is 6.54 Å². The predicted octanol–water partition coefficient (Wildman–Crippen LogP) is 0.429. The number of amides is 1. The number of carbonyl (C=O) groups excluding carboxylic acids is 1. The standard InChI is InChI=1S/C12H18N4O3/c17-10(3-6-16-9-13-8-15-16)14-7-12(11(18)19)4-1-2-5-12/h8-9H,1-7H2,(H,14,17)(H,18,19). The van der Waals surface area contributed by atoms with E-state index in [9.17, 15) is 14.7 Å². The van der Waals surface area contributed by atoms with Crippen LogP contribution >= 0.6 is 0 Å². The smallest absolute Gasteiger partial charge is 0.311 e. The van der Waals surface area contributed by atoms with E-state index in [4.69, 9.17) is 0 Å². The van der Waals surface area contributed by atoms with Crippen molar-refractivity contribution in [2.24, 2.45) is 5.41 Å². The van der Waals surface area contributed by atoms with E-state index in [0.717, 1.165) is 12.8 Å². The normalized spacial score (nSPS) is 17.3. The highest BCUT2D eigenvalue weighted by atomic mass is 16.4. The molecular formula is C12H18N4O3. The van der Waals surface area contributed by atoms with Crippen molar-refractivity contribution in [2.45, 2.75) is 38.6 Å². The first-order valence-corrected chi connectivity index (χ1v) is 6.45. The Kier molecular flexibility index (Phi) is 4.13. The van der Waals surface area contributed by atoms with Crippen LogP contribution in [0.5, 0.6) is 0 Å². The first kappa shape index (κ1) is 13.5. The number of carbonyl (C=O) groups is 2.